The molecule has 43 heavy (non-hydrogen) atoms. The van der Waals surface area contributed by atoms with E-state index in [2.05, 4.69) is 15.6 Å². The molecular weight excluding hydrogens is 577 g/mol. The lowest BCUT2D eigenvalue weighted by molar-refractivity contribution is -0.146. The molecule has 0 amide bonds. The zero-order valence-electron chi connectivity index (χ0n) is 23.3. The van der Waals surface area contributed by atoms with Crippen molar-refractivity contribution in [3.8, 4) is 22.6 Å². The summed E-state index contributed by atoms with van der Waals surface area (Å²) in [5.74, 6) is -0.976. The van der Waals surface area contributed by atoms with Crippen LogP contribution in [0.4, 0.5) is 4.39 Å². The standard InChI is InChI=1S/C32H29ClFN3O6/c1-2-40-32(39)28(17-38)35-16-23-14-25(34)30(15-29(23)41-18-20-11-12-26-27(13-20)37-43-36-26)42-19-22-9-6-10-24(31(22)33)21-7-4-3-5-8-21/h3-15,28,35,38H,2,16-19H2,1H3. The van der Waals surface area contributed by atoms with Gasteiger partial charge in [-0.15, -0.1) is 0 Å². The topological polar surface area (TPSA) is 116 Å². The van der Waals surface area contributed by atoms with Crippen LogP contribution in [0.3, 0.4) is 0 Å². The largest absolute Gasteiger partial charge is 0.488 e. The highest BCUT2D eigenvalue weighted by atomic mass is 35.5. The molecule has 0 bridgehead atoms. The van der Waals surface area contributed by atoms with Crippen LogP contribution in [0.15, 0.2) is 83.5 Å². The predicted molar refractivity (Wildman–Crippen MR) is 158 cm³/mol. The number of rotatable bonds is 13. The Hall–Kier alpha value is -4.51. The highest BCUT2D eigenvalue weighted by molar-refractivity contribution is 6.34. The summed E-state index contributed by atoms with van der Waals surface area (Å²) in [4.78, 5) is 12.2. The first-order valence-corrected chi connectivity index (χ1v) is 14.0. The van der Waals surface area contributed by atoms with Crippen LogP contribution in [-0.2, 0) is 29.3 Å². The molecule has 9 nitrogen and oxygen atoms in total. The maximum Gasteiger partial charge on any atom is 0.325 e. The third-order valence-corrected chi connectivity index (χ3v) is 7.11. The lowest BCUT2D eigenvalue weighted by atomic mass is 10.0. The summed E-state index contributed by atoms with van der Waals surface area (Å²) in [5, 5.41) is 20.7. The van der Waals surface area contributed by atoms with E-state index in [1.165, 1.54) is 12.1 Å². The molecule has 222 valence electrons. The SMILES string of the molecule is CCOC(=O)C(CO)NCc1cc(F)c(OCc2cccc(-c3ccccc3)c2Cl)cc1OCc1ccc2nonc2c1. The van der Waals surface area contributed by atoms with Gasteiger partial charge in [-0.3, -0.25) is 10.1 Å². The molecule has 2 N–H and O–H groups in total. The summed E-state index contributed by atoms with van der Waals surface area (Å²) in [6.45, 7) is 1.48. The summed E-state index contributed by atoms with van der Waals surface area (Å²) in [7, 11) is 0. The fourth-order valence-electron chi connectivity index (χ4n) is 4.42. The third-order valence-electron chi connectivity index (χ3n) is 6.67. The molecule has 0 fully saturated rings. The Kier molecular flexibility index (Phi) is 9.83. The molecule has 1 unspecified atom stereocenters. The van der Waals surface area contributed by atoms with Gasteiger partial charge in [0.2, 0.25) is 0 Å². The monoisotopic (exact) mass is 605 g/mol. The number of nitrogens with one attached hydrogen (secondary N) is 1. The van der Waals surface area contributed by atoms with Crippen molar-refractivity contribution >= 4 is 28.6 Å². The summed E-state index contributed by atoms with van der Waals surface area (Å²) in [6, 6.07) is 22.4. The van der Waals surface area contributed by atoms with Gasteiger partial charge in [0, 0.05) is 29.3 Å². The number of nitrogens with zero attached hydrogens (tertiary/aromatic N) is 2. The van der Waals surface area contributed by atoms with Crippen LogP contribution in [0, 0.1) is 5.82 Å². The number of aromatic nitrogens is 2. The van der Waals surface area contributed by atoms with Gasteiger partial charge in [0.15, 0.2) is 11.6 Å². The lowest BCUT2D eigenvalue weighted by Gasteiger charge is -2.18. The van der Waals surface area contributed by atoms with Gasteiger partial charge >= 0.3 is 5.97 Å². The van der Waals surface area contributed by atoms with E-state index < -0.39 is 24.4 Å². The highest BCUT2D eigenvalue weighted by Crippen LogP contribution is 2.33. The Bertz CT molecular complexity index is 1700. The first-order valence-electron chi connectivity index (χ1n) is 13.6. The van der Waals surface area contributed by atoms with Gasteiger partial charge in [0.05, 0.1) is 18.2 Å². The van der Waals surface area contributed by atoms with Gasteiger partial charge in [0.1, 0.15) is 36.0 Å². The van der Waals surface area contributed by atoms with E-state index in [0.717, 1.165) is 16.7 Å². The van der Waals surface area contributed by atoms with Crippen molar-refractivity contribution < 1.29 is 33.1 Å². The van der Waals surface area contributed by atoms with Crippen molar-refractivity contribution in [2.45, 2.75) is 32.7 Å². The number of aliphatic hydroxyl groups is 1. The van der Waals surface area contributed by atoms with Crippen LogP contribution in [-0.4, -0.2) is 40.6 Å². The van der Waals surface area contributed by atoms with Crippen molar-refractivity contribution in [3.05, 3.63) is 106 Å². The number of halogens is 2. The molecule has 0 aliphatic carbocycles. The molecule has 1 atom stereocenters. The number of esters is 1. The van der Waals surface area contributed by atoms with Crippen LogP contribution in [0.1, 0.15) is 23.6 Å². The summed E-state index contributed by atoms with van der Waals surface area (Å²) < 4.78 is 37.1. The summed E-state index contributed by atoms with van der Waals surface area (Å²) in [5.41, 5.74) is 4.84. The second-order valence-corrected chi connectivity index (χ2v) is 9.95. The fraction of sp³-hybridized carbons (Fsp3) is 0.219. The van der Waals surface area contributed by atoms with E-state index in [4.69, 9.17) is 30.4 Å². The van der Waals surface area contributed by atoms with E-state index in [-0.39, 0.29) is 32.1 Å². The van der Waals surface area contributed by atoms with Gasteiger partial charge in [-0.1, -0.05) is 66.2 Å². The number of carbonyl (C=O) groups is 1. The summed E-state index contributed by atoms with van der Waals surface area (Å²) >= 11 is 6.71. The van der Waals surface area contributed by atoms with Crippen molar-refractivity contribution in [2.24, 2.45) is 0 Å². The minimum Gasteiger partial charge on any atom is -0.488 e. The van der Waals surface area contributed by atoms with E-state index in [9.17, 15) is 9.90 Å². The zero-order chi connectivity index (χ0) is 30.2. The smallest absolute Gasteiger partial charge is 0.325 e. The molecule has 1 heterocycles. The van der Waals surface area contributed by atoms with E-state index >= 15 is 4.39 Å². The Morgan fingerprint density at radius 3 is 2.53 bits per heavy atom. The average Bonchev–Trinajstić information content (AvgIpc) is 3.49. The van der Waals surface area contributed by atoms with Gasteiger partial charge in [0.25, 0.3) is 0 Å². The molecule has 0 aliphatic rings. The molecule has 0 saturated carbocycles. The Morgan fingerprint density at radius 2 is 1.74 bits per heavy atom. The minimum atomic E-state index is -0.993. The first kappa shape index (κ1) is 30.0. The van der Waals surface area contributed by atoms with Gasteiger partial charge in [-0.25, -0.2) is 9.02 Å². The van der Waals surface area contributed by atoms with Gasteiger partial charge < -0.3 is 19.3 Å². The average molecular weight is 606 g/mol. The molecule has 5 aromatic rings. The fourth-order valence-corrected chi connectivity index (χ4v) is 4.71. The minimum absolute atomic E-state index is 0.00770. The van der Waals surface area contributed by atoms with Crippen LogP contribution >= 0.6 is 11.6 Å². The Balaban J connectivity index is 1.38. The number of carbonyl (C=O) groups excluding carboxylic acids is 1. The van der Waals surface area contributed by atoms with E-state index in [1.54, 1.807) is 19.1 Å². The number of hydrogen-bond donors (Lipinski definition) is 2. The molecule has 5 rings (SSSR count). The molecule has 0 saturated heterocycles. The molecule has 4 aromatic carbocycles. The number of fused-ring (bicyclic) bond motifs is 1. The molecule has 0 aliphatic heterocycles. The van der Waals surface area contributed by atoms with Crippen LogP contribution < -0.4 is 14.8 Å². The van der Waals surface area contributed by atoms with Gasteiger partial charge in [-0.2, -0.15) is 0 Å². The van der Waals surface area contributed by atoms with Crippen LogP contribution in [0.5, 0.6) is 11.5 Å². The van der Waals surface area contributed by atoms with Crippen molar-refractivity contribution in [1.82, 2.24) is 15.6 Å². The maximum atomic E-state index is 15.4. The molecule has 11 heteroatoms. The lowest BCUT2D eigenvalue weighted by Crippen LogP contribution is -2.40. The summed E-state index contributed by atoms with van der Waals surface area (Å²) in [6.07, 6.45) is 0. The molecule has 1 aromatic heterocycles. The maximum absolute atomic E-state index is 15.4. The molecular formula is C32H29ClFN3O6. The Labute approximate surface area is 252 Å². The zero-order valence-corrected chi connectivity index (χ0v) is 24.0. The number of hydrogen-bond acceptors (Lipinski definition) is 9. The van der Waals surface area contributed by atoms with Gasteiger partial charge in [-0.05, 0) is 46.6 Å². The van der Waals surface area contributed by atoms with Crippen molar-refractivity contribution in [2.75, 3.05) is 13.2 Å². The molecule has 0 radical (unpaired) electrons. The van der Waals surface area contributed by atoms with Crippen LogP contribution in [0.2, 0.25) is 5.02 Å². The second-order valence-electron chi connectivity index (χ2n) is 9.57. The van der Waals surface area contributed by atoms with Crippen LogP contribution in [0.25, 0.3) is 22.2 Å². The first-order chi connectivity index (χ1) is 21.0. The normalized spacial score (nSPS) is 11.8. The third kappa shape index (κ3) is 7.29. The van der Waals surface area contributed by atoms with E-state index in [0.29, 0.717) is 32.9 Å². The van der Waals surface area contributed by atoms with Crippen molar-refractivity contribution in [3.63, 3.8) is 0 Å². The van der Waals surface area contributed by atoms with Crippen molar-refractivity contribution in [1.29, 1.82) is 0 Å². The van der Waals surface area contributed by atoms with E-state index in [1.807, 2.05) is 54.6 Å². The number of aliphatic hydroxyl groups excluding tert-OH is 1. The highest BCUT2D eigenvalue weighted by Gasteiger charge is 2.20. The quantitative estimate of drug-likeness (QED) is 0.159. The molecule has 0 spiro atoms. The number of ether oxygens (including phenoxy) is 3. The number of benzene rings is 4. The predicted octanol–water partition coefficient (Wildman–Crippen LogP) is 5.85. The Morgan fingerprint density at radius 1 is 0.953 bits per heavy atom. The second kappa shape index (κ2) is 14.1.